The Hall–Kier alpha value is -4.61. The molecule has 266 valence electrons. The van der Waals surface area contributed by atoms with Crippen molar-refractivity contribution < 1.29 is 19.1 Å². The number of halogens is 1. The van der Waals surface area contributed by atoms with E-state index in [0.29, 0.717) is 12.4 Å². The van der Waals surface area contributed by atoms with Crippen LogP contribution in [0.25, 0.3) is 0 Å². The average Bonchev–Trinajstić information content (AvgIpc) is 3.75. The zero-order valence-corrected chi connectivity index (χ0v) is 29.3. The summed E-state index contributed by atoms with van der Waals surface area (Å²) in [7, 11) is 5.31. The van der Waals surface area contributed by atoms with Crippen molar-refractivity contribution in [2.75, 3.05) is 57.2 Å². The fraction of sp³-hybridized carbons (Fsp3) is 0.455. The molecule has 4 aromatic rings. The summed E-state index contributed by atoms with van der Waals surface area (Å²) >= 11 is 0. The number of likely N-dealkylation sites (N-methyl/N-ethyl adjacent to an activating group) is 3. The number of nitrogens with one attached hydrogen (secondary N) is 1. The average molecular weight is 707 g/mol. The highest BCUT2D eigenvalue weighted by atomic mass is 35.5. The van der Waals surface area contributed by atoms with Gasteiger partial charge in [-0.1, -0.05) is 12.1 Å². The van der Waals surface area contributed by atoms with Crippen LogP contribution in [-0.4, -0.2) is 111 Å². The molecule has 0 spiro atoms. The van der Waals surface area contributed by atoms with Crippen LogP contribution in [-0.2, 0) is 48.9 Å². The first-order valence-corrected chi connectivity index (χ1v) is 16.4. The summed E-state index contributed by atoms with van der Waals surface area (Å²) in [4.78, 5) is 41.2. The van der Waals surface area contributed by atoms with Gasteiger partial charge >= 0.3 is 0 Å². The molecule has 3 N–H and O–H groups in total. The maximum absolute atomic E-state index is 12.5. The number of hydrogen-bond acceptors (Lipinski definition) is 12. The first kappa shape index (κ1) is 35.2. The number of nitrogens with zero attached hydrogens (tertiary/aromatic N) is 10. The van der Waals surface area contributed by atoms with Gasteiger partial charge in [-0.3, -0.25) is 19.4 Å². The zero-order valence-electron chi connectivity index (χ0n) is 28.4. The second-order valence-electron chi connectivity index (χ2n) is 12.7. The van der Waals surface area contributed by atoms with Crippen LogP contribution < -0.4 is 30.3 Å². The highest BCUT2D eigenvalue weighted by Gasteiger charge is 2.29. The molecule has 0 saturated carbocycles. The van der Waals surface area contributed by atoms with Gasteiger partial charge < -0.3 is 30.3 Å². The zero-order chi connectivity index (χ0) is 34.1. The number of aromatic nitrogens is 6. The van der Waals surface area contributed by atoms with Gasteiger partial charge in [0.2, 0.25) is 11.8 Å². The summed E-state index contributed by atoms with van der Waals surface area (Å²) in [5.74, 6) is 3.31. The van der Waals surface area contributed by atoms with Crippen LogP contribution >= 0.6 is 12.4 Å². The lowest BCUT2D eigenvalue weighted by Crippen LogP contribution is -2.45. The van der Waals surface area contributed by atoms with Crippen molar-refractivity contribution in [3.63, 3.8) is 0 Å². The maximum atomic E-state index is 12.5. The Morgan fingerprint density at radius 2 is 1.26 bits per heavy atom. The minimum Gasteiger partial charge on any atom is -0.489 e. The first-order valence-electron chi connectivity index (χ1n) is 16.4. The number of fused-ring (bicyclic) bond motifs is 4. The summed E-state index contributed by atoms with van der Waals surface area (Å²) in [5, 5.41) is 11.4. The summed E-state index contributed by atoms with van der Waals surface area (Å²) in [6, 6.07) is 11.1. The smallest absolute Gasteiger partial charge is 0.247 e. The van der Waals surface area contributed by atoms with Gasteiger partial charge in [-0.15, -0.1) is 12.4 Å². The molecule has 0 bridgehead atoms. The standard InChI is InChI=1S/C17H22N6O2.C16H20N6O2.ClH/c1-18-13-10-25-15-4-3-12(7-14(15)21(2)17(13)24)8-22-5-6-23-16(9-22)19-11-20-23;1-20-13-6-11(2-3-14(13)24-9-12(17)16(20)23)7-21-4-5-22-15(8-21)18-10-19-22;/h3-4,7,11,13,18H,5-6,8-10H2,1-2H3;2-3,6,10,12H,4-5,7-9,17H2,1H3;1H/t13-;12-;/m00./s1. The molecule has 0 fully saturated rings. The minimum atomic E-state index is -0.626. The molecule has 17 heteroatoms. The highest BCUT2D eigenvalue weighted by Crippen LogP contribution is 2.33. The summed E-state index contributed by atoms with van der Waals surface area (Å²) in [6.45, 7) is 7.24. The number of carbonyl (C=O) groups excluding carboxylic acids is 2. The Morgan fingerprint density at radius 3 is 1.78 bits per heavy atom. The third kappa shape index (κ3) is 7.29. The Balaban J connectivity index is 0.000000170. The van der Waals surface area contributed by atoms with Gasteiger partial charge in [0.25, 0.3) is 0 Å². The van der Waals surface area contributed by atoms with E-state index in [2.05, 4.69) is 41.3 Å². The van der Waals surface area contributed by atoms with Crippen LogP contribution in [0, 0.1) is 0 Å². The van der Waals surface area contributed by atoms with Gasteiger partial charge in [0, 0.05) is 40.3 Å². The summed E-state index contributed by atoms with van der Waals surface area (Å²) in [6.07, 6.45) is 3.21. The van der Waals surface area contributed by atoms with E-state index in [4.69, 9.17) is 15.2 Å². The van der Waals surface area contributed by atoms with Gasteiger partial charge in [-0.2, -0.15) is 10.2 Å². The molecule has 4 aliphatic heterocycles. The number of ether oxygens (including phenoxy) is 2. The molecule has 4 aliphatic rings. The Morgan fingerprint density at radius 1 is 0.760 bits per heavy atom. The molecule has 2 atom stereocenters. The van der Waals surface area contributed by atoms with Crippen molar-refractivity contribution in [2.45, 2.75) is 51.4 Å². The number of anilines is 2. The molecule has 8 rings (SSSR count). The lowest BCUT2D eigenvalue weighted by molar-refractivity contribution is -0.121. The fourth-order valence-electron chi connectivity index (χ4n) is 6.52. The van der Waals surface area contributed by atoms with Crippen LogP contribution in [0.5, 0.6) is 11.5 Å². The van der Waals surface area contributed by atoms with Crippen LogP contribution in [0.1, 0.15) is 22.8 Å². The van der Waals surface area contributed by atoms with E-state index in [9.17, 15) is 9.59 Å². The van der Waals surface area contributed by atoms with Crippen LogP contribution in [0.15, 0.2) is 49.1 Å². The molecule has 0 aliphatic carbocycles. The van der Waals surface area contributed by atoms with Crippen molar-refractivity contribution in [2.24, 2.45) is 5.73 Å². The lowest BCUT2D eigenvalue weighted by Gasteiger charge is -2.27. The van der Waals surface area contributed by atoms with E-state index in [1.165, 1.54) is 0 Å². The summed E-state index contributed by atoms with van der Waals surface area (Å²) < 4.78 is 15.4. The Bertz CT molecular complexity index is 1830. The largest absolute Gasteiger partial charge is 0.489 e. The van der Waals surface area contributed by atoms with E-state index >= 15 is 0 Å². The van der Waals surface area contributed by atoms with Crippen LogP contribution in [0.4, 0.5) is 11.4 Å². The fourth-order valence-corrected chi connectivity index (χ4v) is 6.52. The van der Waals surface area contributed by atoms with E-state index in [1.807, 2.05) is 39.7 Å². The number of rotatable bonds is 5. The molecule has 0 radical (unpaired) electrons. The highest BCUT2D eigenvalue weighted by molar-refractivity contribution is 5.99. The SMILES string of the molecule is CN1C(=O)[C@@H](N)COc2ccc(CN3CCn4ncnc4C3)cc21.CN[C@H]1COc2ccc(CN3CCn4ncnc4C3)cc2N(C)C1=O.Cl. The molecule has 0 saturated heterocycles. The predicted octanol–water partition coefficient (Wildman–Crippen LogP) is 0.635. The molecule has 50 heavy (non-hydrogen) atoms. The molecular formula is C33H43ClN12O4. The van der Waals surface area contributed by atoms with Crippen molar-refractivity contribution in [3.8, 4) is 11.5 Å². The molecule has 2 aromatic carbocycles. The van der Waals surface area contributed by atoms with Gasteiger partial charge in [0.15, 0.2) is 0 Å². The molecule has 16 nitrogen and oxygen atoms in total. The molecule has 6 heterocycles. The second-order valence-corrected chi connectivity index (χ2v) is 12.7. The third-order valence-corrected chi connectivity index (χ3v) is 9.41. The van der Waals surface area contributed by atoms with Gasteiger partial charge in [0.1, 0.15) is 61.1 Å². The molecule has 0 unspecified atom stereocenters. The minimum absolute atomic E-state index is 0. The first-order chi connectivity index (χ1) is 23.8. The monoisotopic (exact) mass is 706 g/mol. The van der Waals surface area contributed by atoms with Gasteiger partial charge in [0.05, 0.1) is 37.6 Å². The van der Waals surface area contributed by atoms with Crippen molar-refractivity contribution in [3.05, 3.63) is 71.8 Å². The topological polar surface area (TPSA) is 165 Å². The number of amides is 2. The van der Waals surface area contributed by atoms with Crippen molar-refractivity contribution >= 4 is 35.6 Å². The number of hydrogen-bond donors (Lipinski definition) is 2. The number of nitrogens with two attached hydrogens (primary N) is 1. The van der Waals surface area contributed by atoms with Crippen molar-refractivity contribution in [1.29, 1.82) is 0 Å². The number of benzene rings is 2. The normalized spacial score (nSPS) is 20.4. The predicted molar refractivity (Wildman–Crippen MR) is 187 cm³/mol. The van der Waals surface area contributed by atoms with Crippen LogP contribution in [0.3, 0.4) is 0 Å². The molecule has 2 aromatic heterocycles. The van der Waals surface area contributed by atoms with Gasteiger partial charge in [-0.25, -0.2) is 19.3 Å². The second kappa shape index (κ2) is 15.1. The Kier molecular flexibility index (Phi) is 10.6. The van der Waals surface area contributed by atoms with E-state index in [0.717, 1.165) is 92.3 Å². The lowest BCUT2D eigenvalue weighted by atomic mass is 10.1. The molecular weight excluding hydrogens is 664 g/mol. The van der Waals surface area contributed by atoms with E-state index in [-0.39, 0.29) is 36.9 Å². The maximum Gasteiger partial charge on any atom is 0.247 e. The summed E-state index contributed by atoms with van der Waals surface area (Å²) in [5.41, 5.74) is 9.70. The third-order valence-electron chi connectivity index (χ3n) is 9.41. The van der Waals surface area contributed by atoms with Crippen molar-refractivity contribution in [1.82, 2.24) is 44.6 Å². The number of carbonyl (C=O) groups is 2. The quantitative estimate of drug-likeness (QED) is 0.298. The van der Waals surface area contributed by atoms with E-state index in [1.54, 1.807) is 43.6 Å². The van der Waals surface area contributed by atoms with Crippen LogP contribution in [0.2, 0.25) is 0 Å². The van der Waals surface area contributed by atoms with E-state index < -0.39 is 6.04 Å². The molecule has 2 amide bonds. The van der Waals surface area contributed by atoms with Gasteiger partial charge in [-0.05, 0) is 42.4 Å². The Labute approximate surface area is 296 Å².